The van der Waals surface area contributed by atoms with Crippen LogP contribution in [0.4, 0.5) is 5.13 Å². The maximum atomic E-state index is 13.5. The van der Waals surface area contributed by atoms with E-state index in [1.165, 1.54) is 32.6 Å². The number of aryl methyl sites for hydroxylation is 1. The van der Waals surface area contributed by atoms with Crippen LogP contribution in [0, 0.1) is 11.8 Å². The number of nitrogen functional groups attached to an aromatic ring is 1. The van der Waals surface area contributed by atoms with Crippen LogP contribution in [0.3, 0.4) is 0 Å². The number of carboxylic acids is 1. The molecule has 7 rings (SSSR count). The minimum atomic E-state index is -5.03. The highest BCUT2D eigenvalue weighted by Crippen LogP contribution is 2.63. The Morgan fingerprint density at radius 1 is 1.28 bits per heavy atom. The minimum Gasteiger partial charge on any atom is -0.485 e. The Morgan fingerprint density at radius 3 is 2.60 bits per heavy atom. The summed E-state index contributed by atoms with van der Waals surface area (Å²) in [5.41, 5.74) is 9.96. The molecule has 1 spiro atoms. The molecule has 0 radical (unpaired) electrons. The largest absolute Gasteiger partial charge is 0.485 e. The van der Waals surface area contributed by atoms with Gasteiger partial charge < -0.3 is 36.8 Å². The van der Waals surface area contributed by atoms with Gasteiger partial charge in [0.15, 0.2) is 16.9 Å². The molecular formula is C30H36N8O10S2. The summed E-state index contributed by atoms with van der Waals surface area (Å²) in [5, 5.41) is 22.0. The van der Waals surface area contributed by atoms with Gasteiger partial charge >= 0.3 is 16.4 Å². The van der Waals surface area contributed by atoms with Crippen molar-refractivity contribution in [2.24, 2.45) is 27.7 Å². The van der Waals surface area contributed by atoms with Gasteiger partial charge in [0.05, 0.1) is 11.6 Å². The number of carbonyl (C=O) groups is 3. The van der Waals surface area contributed by atoms with Crippen LogP contribution in [0.1, 0.15) is 56.9 Å². The van der Waals surface area contributed by atoms with Crippen molar-refractivity contribution in [2.45, 2.75) is 81.3 Å². The predicted octanol–water partition coefficient (Wildman–Crippen LogP) is -0.0212. The minimum absolute atomic E-state index is 0.0652. The number of hydroxylamine groups is 2. The lowest BCUT2D eigenvalue weighted by Gasteiger charge is -2.74. The van der Waals surface area contributed by atoms with Crippen molar-refractivity contribution in [1.82, 2.24) is 20.7 Å². The van der Waals surface area contributed by atoms with Crippen LogP contribution in [0.5, 0.6) is 5.75 Å². The molecule has 1 aromatic carbocycles. The maximum absolute atomic E-state index is 13.5. The number of amidine groups is 1. The van der Waals surface area contributed by atoms with Crippen LogP contribution < -0.4 is 26.8 Å². The number of aliphatic carboxylic acids is 1. The third kappa shape index (κ3) is 5.36. The first-order chi connectivity index (χ1) is 23.4. The zero-order chi connectivity index (χ0) is 36.0. The van der Waals surface area contributed by atoms with Gasteiger partial charge in [-0.3, -0.25) is 19.1 Å². The molecule has 2 saturated heterocycles. The van der Waals surface area contributed by atoms with E-state index in [2.05, 4.69) is 25.1 Å². The first-order valence-electron chi connectivity index (χ1n) is 15.9. The molecule has 5 aliphatic rings. The maximum Gasteiger partial charge on any atom is 0.418 e. The van der Waals surface area contributed by atoms with Gasteiger partial charge in [-0.2, -0.15) is 13.5 Å². The Balaban J connectivity index is 1.07. The molecule has 1 aromatic heterocycles. The fourth-order valence-corrected chi connectivity index (χ4v) is 8.60. The van der Waals surface area contributed by atoms with Gasteiger partial charge in [-0.1, -0.05) is 5.16 Å². The van der Waals surface area contributed by atoms with Crippen molar-refractivity contribution < 1.29 is 46.3 Å². The number of carbonyl (C=O) groups excluding carboxylic acids is 2. The molecule has 4 unspecified atom stereocenters. The molecule has 20 heteroatoms. The molecule has 2 saturated carbocycles. The average Bonchev–Trinajstić information content (AvgIpc) is 3.45. The number of amides is 2. The van der Waals surface area contributed by atoms with E-state index in [9.17, 15) is 27.9 Å². The Kier molecular flexibility index (Phi) is 7.90. The lowest BCUT2D eigenvalue weighted by atomic mass is 9.40. The summed E-state index contributed by atoms with van der Waals surface area (Å²) in [5.74, 6) is -1.47. The predicted molar refractivity (Wildman–Crippen MR) is 176 cm³/mol. The Morgan fingerprint density at radius 2 is 2.04 bits per heavy atom. The number of anilines is 1. The SMILES string of the molecule is CC1(C)[C@H](NC(=O)/C(=N\O[C@](C)(C(=O)O)[C@H]2CCc3cc(C(N)=NC4C5CCC56NCC46)ccc3O2)c2csc(N)n2)C(=O)N1OS(=O)(=O)O. The van der Waals surface area contributed by atoms with Gasteiger partial charge in [-0.15, -0.1) is 15.6 Å². The summed E-state index contributed by atoms with van der Waals surface area (Å²) in [6, 6.07) is 4.28. The van der Waals surface area contributed by atoms with E-state index in [4.69, 9.17) is 30.6 Å². The van der Waals surface area contributed by atoms with Gasteiger partial charge in [-0.05, 0) is 70.2 Å². The molecule has 8 N–H and O–H groups in total. The first kappa shape index (κ1) is 34.1. The van der Waals surface area contributed by atoms with Crippen LogP contribution >= 0.6 is 11.3 Å². The third-order valence-electron chi connectivity index (χ3n) is 10.7. The molecule has 3 aliphatic heterocycles. The van der Waals surface area contributed by atoms with Crippen LogP contribution in [0.25, 0.3) is 0 Å². The number of aliphatic imine (C=N–C) groups is 1. The molecule has 18 nitrogen and oxygen atoms in total. The molecule has 0 bridgehead atoms. The molecule has 268 valence electrons. The quantitative estimate of drug-likeness (QED) is 0.0583. The van der Waals surface area contributed by atoms with Gasteiger partial charge in [0, 0.05) is 34.9 Å². The van der Waals surface area contributed by atoms with Gasteiger partial charge in [0.1, 0.15) is 23.3 Å². The molecule has 2 aliphatic carbocycles. The number of hydrogen-bond acceptors (Lipinski definition) is 14. The Hall–Kier alpha value is -4.37. The fraction of sp³-hybridized carbons (Fsp3) is 0.533. The second kappa shape index (κ2) is 11.6. The van der Waals surface area contributed by atoms with Gasteiger partial charge in [0.25, 0.3) is 17.4 Å². The van der Waals surface area contributed by atoms with Crippen LogP contribution in [0.15, 0.2) is 33.7 Å². The number of nitrogens with two attached hydrogens (primary N) is 2. The number of oxime groups is 1. The number of hydrogen-bond donors (Lipinski definition) is 6. The number of thiazole rings is 1. The number of β-lactam (4-membered cyclic amide) rings is 1. The third-order valence-corrected chi connectivity index (χ3v) is 11.7. The number of nitrogens with zero attached hydrogens (tertiary/aromatic N) is 4. The van der Waals surface area contributed by atoms with E-state index in [1.807, 2.05) is 6.07 Å². The van der Waals surface area contributed by atoms with Crippen molar-refractivity contribution in [3.63, 3.8) is 0 Å². The smallest absolute Gasteiger partial charge is 0.418 e. The second-order valence-corrected chi connectivity index (χ2v) is 15.7. The Labute approximate surface area is 290 Å². The van der Waals surface area contributed by atoms with Gasteiger partial charge in [0.2, 0.25) is 0 Å². The summed E-state index contributed by atoms with van der Waals surface area (Å²) < 4.78 is 41.8. The van der Waals surface area contributed by atoms with E-state index in [0.29, 0.717) is 34.9 Å². The number of aromatic nitrogens is 1. The monoisotopic (exact) mass is 732 g/mol. The van der Waals surface area contributed by atoms with E-state index in [0.717, 1.165) is 35.4 Å². The number of rotatable bonds is 11. The summed E-state index contributed by atoms with van der Waals surface area (Å²) >= 11 is 0.972. The van der Waals surface area contributed by atoms with Crippen molar-refractivity contribution in [1.29, 1.82) is 0 Å². The molecule has 2 aromatic rings. The summed E-state index contributed by atoms with van der Waals surface area (Å²) in [6.45, 7) is 4.97. The van der Waals surface area contributed by atoms with E-state index >= 15 is 0 Å². The van der Waals surface area contributed by atoms with E-state index < -0.39 is 57.2 Å². The number of ether oxygens (including phenoxy) is 1. The van der Waals surface area contributed by atoms with E-state index in [1.54, 1.807) is 12.1 Å². The summed E-state index contributed by atoms with van der Waals surface area (Å²) in [4.78, 5) is 53.3. The number of fused-ring (bicyclic) bond motifs is 1. The molecule has 50 heavy (non-hydrogen) atoms. The number of piperidine rings is 1. The van der Waals surface area contributed by atoms with Crippen molar-refractivity contribution >= 4 is 56.2 Å². The number of benzene rings is 1. The number of carboxylic acid groups (broad SMARTS) is 1. The van der Waals surface area contributed by atoms with Crippen molar-refractivity contribution in [3.05, 3.63) is 40.4 Å². The number of nitrogens with one attached hydrogen (secondary N) is 2. The highest BCUT2D eigenvalue weighted by atomic mass is 32.3. The lowest BCUT2D eigenvalue weighted by molar-refractivity contribution is -0.218. The highest BCUT2D eigenvalue weighted by molar-refractivity contribution is 7.80. The van der Waals surface area contributed by atoms with Crippen LogP contribution in [0.2, 0.25) is 0 Å². The summed E-state index contributed by atoms with van der Waals surface area (Å²) in [7, 11) is -5.03. The van der Waals surface area contributed by atoms with Crippen LogP contribution in [-0.4, -0.2) is 98.9 Å². The van der Waals surface area contributed by atoms with Gasteiger partial charge in [-0.25, -0.2) is 9.78 Å². The van der Waals surface area contributed by atoms with Crippen LogP contribution in [-0.2, 0) is 40.3 Å². The zero-order valence-electron chi connectivity index (χ0n) is 27.2. The Bertz CT molecular complexity index is 1950. The fourth-order valence-electron chi connectivity index (χ4n) is 7.59. The van der Waals surface area contributed by atoms with Crippen molar-refractivity contribution in [3.8, 4) is 5.75 Å². The van der Waals surface area contributed by atoms with Crippen molar-refractivity contribution in [2.75, 3.05) is 12.3 Å². The normalized spacial score (nSPS) is 30.8. The molecular weight excluding hydrogens is 697 g/mol. The second-order valence-electron chi connectivity index (χ2n) is 13.9. The molecule has 4 heterocycles. The highest BCUT2D eigenvalue weighted by Gasteiger charge is 2.71. The van der Waals surface area contributed by atoms with E-state index in [-0.39, 0.29) is 28.8 Å². The lowest BCUT2D eigenvalue weighted by Crippen LogP contribution is -2.86. The topological polar surface area (TPSA) is 270 Å². The molecule has 4 fully saturated rings. The summed E-state index contributed by atoms with van der Waals surface area (Å²) in [6.07, 6.45) is 1.93. The zero-order valence-corrected chi connectivity index (χ0v) is 28.8. The molecule has 7 atom stereocenters. The molecule has 2 amide bonds. The standard InChI is InChI=1S/C30H36N8O10S2/c1-28(2)22(25(40)38(28)48-50(43,44)45)36-24(39)21(17-12-49-27(32)34-17)37-47-29(3,26(41)42)19-7-5-13-10-14(4-6-18(13)46-19)23(31)35-20-15-8-9-30(15)16(20)11-33-30/h4,6,10,12,15-16,19-20,22,33H,5,7-9,11H2,1-3H3,(H2,31,35)(H2,32,34)(H,36,39)(H,41,42)(H,43,44,45)/b37-21-/t15?,16?,19-,20?,22-,29+,30?/m1/s1. The first-order valence-corrected chi connectivity index (χ1v) is 18.1. The average molecular weight is 733 g/mol.